The maximum absolute atomic E-state index is 12.5. The van der Waals surface area contributed by atoms with Crippen LogP contribution in [0.3, 0.4) is 0 Å². The van der Waals surface area contributed by atoms with Crippen molar-refractivity contribution in [1.82, 2.24) is 9.55 Å². The molecule has 1 N–H and O–H groups in total. The van der Waals surface area contributed by atoms with E-state index in [2.05, 4.69) is 4.98 Å². The number of aromatic nitrogens is 2. The molecular formula is C11H6ClF3N2O2. The van der Waals surface area contributed by atoms with Gasteiger partial charge < -0.3 is 9.67 Å². The lowest BCUT2D eigenvalue weighted by Crippen LogP contribution is -2.06. The average Bonchev–Trinajstić information content (AvgIpc) is 2.76. The summed E-state index contributed by atoms with van der Waals surface area (Å²) in [4.78, 5) is 14.2. The van der Waals surface area contributed by atoms with E-state index in [1.54, 1.807) is 0 Å². The zero-order valence-corrected chi connectivity index (χ0v) is 9.90. The molecule has 2 aromatic rings. The second kappa shape index (κ2) is 4.58. The second-order valence-corrected chi connectivity index (χ2v) is 4.04. The molecule has 0 saturated carbocycles. The lowest BCUT2D eigenvalue weighted by Gasteiger charge is -2.10. The van der Waals surface area contributed by atoms with E-state index >= 15 is 0 Å². The Hall–Kier alpha value is -2.02. The Labute approximate surface area is 110 Å². The standard InChI is InChI=1S/C11H6ClF3N2O2/c12-8-3-6(1-2-7(8)11(13,14)15)17-4-9(10(18)19)16-5-17/h1-5H,(H,18,19). The van der Waals surface area contributed by atoms with Gasteiger partial charge in [0.25, 0.3) is 0 Å². The number of hydrogen-bond donors (Lipinski definition) is 1. The van der Waals surface area contributed by atoms with E-state index in [1.807, 2.05) is 0 Å². The molecule has 1 heterocycles. The van der Waals surface area contributed by atoms with Gasteiger partial charge in [-0.15, -0.1) is 0 Å². The molecule has 0 aliphatic heterocycles. The van der Waals surface area contributed by atoms with Crippen LogP contribution in [0.15, 0.2) is 30.7 Å². The Kier molecular flexibility index (Phi) is 3.23. The smallest absolute Gasteiger partial charge is 0.417 e. The number of carbonyl (C=O) groups is 1. The highest BCUT2D eigenvalue weighted by molar-refractivity contribution is 6.31. The van der Waals surface area contributed by atoms with Crippen LogP contribution in [0.5, 0.6) is 0 Å². The molecule has 19 heavy (non-hydrogen) atoms. The SMILES string of the molecule is O=C(O)c1cn(-c2ccc(C(F)(F)F)c(Cl)c2)cn1. The zero-order chi connectivity index (χ0) is 14.2. The quantitative estimate of drug-likeness (QED) is 0.924. The Morgan fingerprint density at radius 1 is 1.37 bits per heavy atom. The minimum absolute atomic E-state index is 0.212. The van der Waals surface area contributed by atoms with Gasteiger partial charge in [-0.3, -0.25) is 0 Å². The molecule has 0 atom stereocenters. The normalized spacial score (nSPS) is 11.6. The zero-order valence-electron chi connectivity index (χ0n) is 9.15. The van der Waals surface area contributed by atoms with Gasteiger partial charge in [-0.2, -0.15) is 13.2 Å². The second-order valence-electron chi connectivity index (χ2n) is 3.63. The summed E-state index contributed by atoms with van der Waals surface area (Å²) in [6.07, 6.45) is -2.17. The van der Waals surface area contributed by atoms with Crippen molar-refractivity contribution in [3.05, 3.63) is 47.0 Å². The number of hydrogen-bond acceptors (Lipinski definition) is 2. The van der Waals surface area contributed by atoms with Crippen LogP contribution in [0, 0.1) is 0 Å². The third-order valence-corrected chi connectivity index (χ3v) is 2.67. The third-order valence-electron chi connectivity index (χ3n) is 2.36. The van der Waals surface area contributed by atoms with Crippen molar-refractivity contribution >= 4 is 17.6 Å². The molecule has 1 aromatic carbocycles. The van der Waals surface area contributed by atoms with Crippen LogP contribution in [-0.2, 0) is 6.18 Å². The van der Waals surface area contributed by atoms with Crippen molar-refractivity contribution in [2.75, 3.05) is 0 Å². The third kappa shape index (κ3) is 2.70. The molecule has 4 nitrogen and oxygen atoms in total. The fraction of sp³-hybridized carbons (Fsp3) is 0.0909. The van der Waals surface area contributed by atoms with Gasteiger partial charge >= 0.3 is 12.1 Å². The maximum atomic E-state index is 12.5. The van der Waals surface area contributed by atoms with E-state index in [0.29, 0.717) is 0 Å². The van der Waals surface area contributed by atoms with Crippen LogP contribution in [0.25, 0.3) is 5.69 Å². The lowest BCUT2D eigenvalue weighted by molar-refractivity contribution is -0.137. The van der Waals surface area contributed by atoms with Gasteiger partial charge in [0, 0.05) is 11.9 Å². The van der Waals surface area contributed by atoms with Crippen molar-refractivity contribution in [3.63, 3.8) is 0 Å². The Morgan fingerprint density at radius 3 is 2.53 bits per heavy atom. The first-order valence-electron chi connectivity index (χ1n) is 4.93. The van der Waals surface area contributed by atoms with Crippen molar-refractivity contribution in [3.8, 4) is 5.69 Å². The van der Waals surface area contributed by atoms with Crippen molar-refractivity contribution < 1.29 is 23.1 Å². The van der Waals surface area contributed by atoms with Crippen LogP contribution >= 0.6 is 11.6 Å². The number of aromatic carboxylic acids is 1. The van der Waals surface area contributed by atoms with Gasteiger partial charge in [-0.05, 0) is 18.2 Å². The van der Waals surface area contributed by atoms with Gasteiger partial charge in [0.2, 0.25) is 0 Å². The van der Waals surface area contributed by atoms with Crippen molar-refractivity contribution in [2.45, 2.75) is 6.18 Å². The molecule has 0 aliphatic rings. The monoisotopic (exact) mass is 290 g/mol. The van der Waals surface area contributed by atoms with Crippen LogP contribution in [0.1, 0.15) is 16.1 Å². The lowest BCUT2D eigenvalue weighted by atomic mass is 10.2. The number of benzene rings is 1. The number of nitrogens with zero attached hydrogens (tertiary/aromatic N) is 2. The molecule has 0 spiro atoms. The Bertz CT molecular complexity index is 637. The molecule has 0 radical (unpaired) electrons. The largest absolute Gasteiger partial charge is 0.476 e. The molecule has 0 bridgehead atoms. The van der Waals surface area contributed by atoms with Gasteiger partial charge in [-0.25, -0.2) is 9.78 Å². The first kappa shape index (κ1) is 13.4. The van der Waals surface area contributed by atoms with E-state index in [0.717, 1.165) is 12.1 Å². The summed E-state index contributed by atoms with van der Waals surface area (Å²) in [6.45, 7) is 0. The number of carboxylic acid groups (broad SMARTS) is 1. The highest BCUT2D eigenvalue weighted by Crippen LogP contribution is 2.35. The van der Waals surface area contributed by atoms with Crippen molar-refractivity contribution in [2.24, 2.45) is 0 Å². The summed E-state index contributed by atoms with van der Waals surface area (Å²) in [7, 11) is 0. The van der Waals surface area contributed by atoms with E-state index in [1.165, 1.54) is 23.2 Å². The van der Waals surface area contributed by atoms with E-state index in [9.17, 15) is 18.0 Å². The highest BCUT2D eigenvalue weighted by Gasteiger charge is 2.33. The summed E-state index contributed by atoms with van der Waals surface area (Å²) in [6, 6.07) is 3.11. The summed E-state index contributed by atoms with van der Waals surface area (Å²) < 4.78 is 38.8. The van der Waals surface area contributed by atoms with Crippen LogP contribution < -0.4 is 0 Å². The summed E-state index contributed by atoms with van der Waals surface area (Å²) >= 11 is 5.56. The number of carboxylic acids is 1. The predicted octanol–water partition coefficient (Wildman–Crippen LogP) is 3.24. The van der Waals surface area contributed by atoms with Crippen LogP contribution in [0.4, 0.5) is 13.2 Å². The molecule has 8 heteroatoms. The van der Waals surface area contributed by atoms with Gasteiger partial charge in [-0.1, -0.05) is 11.6 Å². The first-order chi connectivity index (χ1) is 8.79. The van der Waals surface area contributed by atoms with Crippen molar-refractivity contribution in [1.29, 1.82) is 0 Å². The summed E-state index contributed by atoms with van der Waals surface area (Å²) in [5.41, 5.74) is -0.870. The molecule has 1 aromatic heterocycles. The number of rotatable bonds is 2. The van der Waals surface area contributed by atoms with Gasteiger partial charge in [0.1, 0.15) is 6.33 Å². The minimum atomic E-state index is -4.53. The molecule has 0 saturated heterocycles. The number of alkyl halides is 3. The average molecular weight is 291 g/mol. The van der Waals surface area contributed by atoms with Gasteiger partial charge in [0.15, 0.2) is 5.69 Å². The number of halogens is 4. The maximum Gasteiger partial charge on any atom is 0.417 e. The highest BCUT2D eigenvalue weighted by atomic mass is 35.5. The molecule has 0 aliphatic carbocycles. The predicted molar refractivity (Wildman–Crippen MR) is 60.5 cm³/mol. The van der Waals surface area contributed by atoms with E-state index in [-0.39, 0.29) is 11.4 Å². The Morgan fingerprint density at radius 2 is 2.05 bits per heavy atom. The number of imidazole rings is 1. The van der Waals surface area contributed by atoms with Gasteiger partial charge in [0.05, 0.1) is 10.6 Å². The molecule has 100 valence electrons. The molecule has 2 rings (SSSR count). The summed E-state index contributed by atoms with van der Waals surface area (Å²) in [5, 5.41) is 8.24. The fourth-order valence-corrected chi connectivity index (χ4v) is 1.75. The Balaban J connectivity index is 2.41. The molecular weight excluding hydrogens is 285 g/mol. The molecule has 0 fully saturated rings. The first-order valence-corrected chi connectivity index (χ1v) is 5.31. The van der Waals surface area contributed by atoms with Crippen LogP contribution in [-0.4, -0.2) is 20.6 Å². The van der Waals surface area contributed by atoms with E-state index in [4.69, 9.17) is 16.7 Å². The fourth-order valence-electron chi connectivity index (χ4n) is 1.47. The molecule has 0 unspecified atom stereocenters. The summed E-state index contributed by atoms with van der Waals surface area (Å²) in [5.74, 6) is -1.23. The topological polar surface area (TPSA) is 55.1 Å². The van der Waals surface area contributed by atoms with Crippen LogP contribution in [0.2, 0.25) is 5.02 Å². The molecule has 0 amide bonds. The minimum Gasteiger partial charge on any atom is -0.476 e. The van der Waals surface area contributed by atoms with E-state index < -0.39 is 22.7 Å².